The summed E-state index contributed by atoms with van der Waals surface area (Å²) in [7, 11) is -2.20. The van der Waals surface area contributed by atoms with Crippen molar-refractivity contribution in [2.75, 3.05) is 26.1 Å². The number of sulfone groups is 1. The van der Waals surface area contributed by atoms with Crippen molar-refractivity contribution in [3.8, 4) is 11.5 Å². The predicted molar refractivity (Wildman–Crippen MR) is 174 cm³/mol. The molecule has 4 aromatic carbocycles. The van der Waals surface area contributed by atoms with E-state index in [-0.39, 0.29) is 36.1 Å². The summed E-state index contributed by atoms with van der Waals surface area (Å²) in [6, 6.07) is 31.8. The van der Waals surface area contributed by atoms with E-state index in [1.807, 2.05) is 54.6 Å². The molecule has 11 heteroatoms. The van der Waals surface area contributed by atoms with E-state index in [1.54, 1.807) is 49.6 Å². The molecule has 0 aliphatic carbocycles. The Morgan fingerprint density at radius 2 is 1.61 bits per heavy atom. The number of nitrogens with one attached hydrogen (secondary N) is 2. The van der Waals surface area contributed by atoms with Gasteiger partial charge in [0.1, 0.15) is 11.5 Å². The standard InChI is InChI=1S/C35H37N3O7S/c1-43-31-16-9-8-13-28(31)25-36-38-34(40)35(21-24-46(41,42)30-14-6-3-7-15-30)32(26-11-4-2-5-12-26)45-33(37-35)27-17-19-29(20-18-27)44-23-10-22-39/h2-9,11-20,32,36,39H,10,21-25H2,1H3,(H,38,40)/t32-,35-/m0/s1. The van der Waals surface area contributed by atoms with Crippen LogP contribution in [0.3, 0.4) is 0 Å². The highest BCUT2D eigenvalue weighted by molar-refractivity contribution is 7.91. The van der Waals surface area contributed by atoms with Crippen molar-refractivity contribution in [3.63, 3.8) is 0 Å². The Balaban J connectivity index is 1.50. The number of benzene rings is 4. The first-order chi connectivity index (χ1) is 22.4. The first-order valence-electron chi connectivity index (χ1n) is 14.9. The lowest BCUT2D eigenvalue weighted by molar-refractivity contribution is -0.130. The molecule has 0 unspecified atom stereocenters. The van der Waals surface area contributed by atoms with Gasteiger partial charge >= 0.3 is 0 Å². The average molecular weight is 644 g/mol. The number of methoxy groups -OCH3 is 1. The van der Waals surface area contributed by atoms with Gasteiger partial charge in [0.15, 0.2) is 21.5 Å². The number of hydrazine groups is 1. The van der Waals surface area contributed by atoms with Crippen molar-refractivity contribution < 1.29 is 32.5 Å². The summed E-state index contributed by atoms with van der Waals surface area (Å²) < 4.78 is 44.5. The second-order valence-electron chi connectivity index (χ2n) is 10.7. The molecule has 0 spiro atoms. The van der Waals surface area contributed by atoms with Gasteiger partial charge in [-0.1, -0.05) is 66.7 Å². The predicted octanol–water partition coefficient (Wildman–Crippen LogP) is 4.40. The second kappa shape index (κ2) is 15.0. The van der Waals surface area contributed by atoms with Gasteiger partial charge in [-0.25, -0.2) is 18.8 Å². The molecule has 0 radical (unpaired) electrons. The molecule has 4 aromatic rings. The van der Waals surface area contributed by atoms with Gasteiger partial charge < -0.3 is 19.3 Å². The van der Waals surface area contributed by atoms with E-state index in [1.165, 1.54) is 12.1 Å². The number of aliphatic hydroxyl groups is 1. The first-order valence-corrected chi connectivity index (χ1v) is 16.6. The fourth-order valence-corrected chi connectivity index (χ4v) is 6.60. The molecule has 0 fully saturated rings. The minimum Gasteiger partial charge on any atom is -0.496 e. The molecule has 3 N–H and O–H groups in total. The van der Waals surface area contributed by atoms with E-state index >= 15 is 0 Å². The minimum atomic E-state index is -3.77. The number of para-hydroxylation sites is 1. The molecule has 1 aliphatic rings. The third-order valence-electron chi connectivity index (χ3n) is 7.66. The number of ether oxygens (including phenoxy) is 3. The summed E-state index contributed by atoms with van der Waals surface area (Å²) in [5.74, 6) is 0.571. The maximum absolute atomic E-state index is 14.3. The highest BCUT2D eigenvalue weighted by atomic mass is 32.2. The lowest BCUT2D eigenvalue weighted by atomic mass is 9.85. The third-order valence-corrected chi connectivity index (χ3v) is 9.39. The van der Waals surface area contributed by atoms with E-state index in [0.717, 1.165) is 5.56 Å². The zero-order valence-electron chi connectivity index (χ0n) is 25.5. The van der Waals surface area contributed by atoms with Crippen LogP contribution >= 0.6 is 0 Å². The molecule has 2 atom stereocenters. The molecule has 1 amide bonds. The number of hydrogen-bond donors (Lipinski definition) is 3. The molecule has 1 aliphatic heterocycles. The molecule has 0 aromatic heterocycles. The van der Waals surface area contributed by atoms with Crippen molar-refractivity contribution in [3.05, 3.63) is 126 Å². The number of aliphatic imine (C=N–C) groups is 1. The normalized spacial score (nSPS) is 17.5. The Labute approximate surface area is 268 Å². The Bertz CT molecular complexity index is 1730. The molecule has 0 saturated heterocycles. The summed E-state index contributed by atoms with van der Waals surface area (Å²) in [5.41, 5.74) is 6.19. The fourth-order valence-electron chi connectivity index (χ4n) is 5.21. The smallest absolute Gasteiger partial charge is 0.266 e. The lowest BCUT2D eigenvalue weighted by Crippen LogP contribution is -2.53. The van der Waals surface area contributed by atoms with E-state index in [0.29, 0.717) is 35.7 Å². The van der Waals surface area contributed by atoms with E-state index in [9.17, 15) is 13.2 Å². The number of carbonyl (C=O) groups is 1. The van der Waals surface area contributed by atoms with Crippen LogP contribution in [0.25, 0.3) is 0 Å². The molecule has 0 saturated carbocycles. The summed E-state index contributed by atoms with van der Waals surface area (Å²) in [5, 5.41) is 9.05. The van der Waals surface area contributed by atoms with Gasteiger partial charge in [-0.15, -0.1) is 0 Å². The number of aliphatic hydroxyl groups excluding tert-OH is 1. The van der Waals surface area contributed by atoms with Crippen LogP contribution in [0, 0.1) is 0 Å². The van der Waals surface area contributed by atoms with E-state index in [2.05, 4.69) is 10.9 Å². The van der Waals surface area contributed by atoms with Gasteiger partial charge in [-0.05, 0) is 48.0 Å². The van der Waals surface area contributed by atoms with Gasteiger partial charge in [-0.2, -0.15) is 0 Å². The quantitative estimate of drug-likeness (QED) is 0.128. The Morgan fingerprint density at radius 1 is 0.935 bits per heavy atom. The Kier molecular flexibility index (Phi) is 10.7. The molecule has 0 bridgehead atoms. The fraction of sp³-hybridized carbons (Fsp3) is 0.257. The van der Waals surface area contributed by atoms with Gasteiger partial charge in [0.25, 0.3) is 5.91 Å². The molecule has 5 rings (SSSR count). The zero-order valence-corrected chi connectivity index (χ0v) is 26.3. The minimum absolute atomic E-state index is 0.0293. The van der Waals surface area contributed by atoms with Gasteiger partial charge in [0.05, 0.1) is 24.4 Å². The van der Waals surface area contributed by atoms with Crippen LogP contribution in [0.1, 0.15) is 35.6 Å². The van der Waals surface area contributed by atoms with Crippen LogP contribution in [0.15, 0.2) is 119 Å². The topological polar surface area (TPSA) is 136 Å². The highest BCUT2D eigenvalue weighted by Gasteiger charge is 2.53. The first kappa shape index (κ1) is 32.7. The van der Waals surface area contributed by atoms with Crippen molar-refractivity contribution in [1.82, 2.24) is 10.9 Å². The van der Waals surface area contributed by atoms with Crippen LogP contribution in [0.5, 0.6) is 11.5 Å². The van der Waals surface area contributed by atoms with Gasteiger partial charge in [0, 0.05) is 37.1 Å². The Hall–Kier alpha value is -4.71. The third kappa shape index (κ3) is 7.56. The van der Waals surface area contributed by atoms with Crippen LogP contribution < -0.4 is 20.3 Å². The second-order valence-corrected chi connectivity index (χ2v) is 12.8. The van der Waals surface area contributed by atoms with Crippen molar-refractivity contribution in [2.24, 2.45) is 4.99 Å². The van der Waals surface area contributed by atoms with Crippen molar-refractivity contribution >= 4 is 21.6 Å². The van der Waals surface area contributed by atoms with Gasteiger partial charge in [-0.3, -0.25) is 10.2 Å². The van der Waals surface area contributed by atoms with Crippen molar-refractivity contribution in [1.29, 1.82) is 0 Å². The summed E-state index contributed by atoms with van der Waals surface area (Å²) >= 11 is 0. The number of hydrogen-bond acceptors (Lipinski definition) is 9. The lowest BCUT2D eigenvalue weighted by Gasteiger charge is -2.30. The van der Waals surface area contributed by atoms with Gasteiger partial charge in [0.2, 0.25) is 5.90 Å². The molecule has 46 heavy (non-hydrogen) atoms. The van der Waals surface area contributed by atoms with Crippen LogP contribution in [0.4, 0.5) is 0 Å². The number of rotatable bonds is 15. The monoisotopic (exact) mass is 643 g/mol. The van der Waals surface area contributed by atoms with E-state index < -0.39 is 27.4 Å². The molecular weight excluding hydrogens is 606 g/mol. The van der Waals surface area contributed by atoms with Crippen LogP contribution in [-0.2, 0) is 25.9 Å². The molecule has 240 valence electrons. The molecule has 10 nitrogen and oxygen atoms in total. The Morgan fingerprint density at radius 3 is 2.30 bits per heavy atom. The summed E-state index contributed by atoms with van der Waals surface area (Å²) in [6.07, 6.45) is -0.578. The number of carbonyl (C=O) groups excluding carboxylic acids is 1. The SMILES string of the molecule is COc1ccccc1CNNC(=O)[C@@]1(CCS(=O)(=O)c2ccccc2)N=C(c2ccc(OCCCO)cc2)O[C@H]1c1ccccc1. The highest BCUT2D eigenvalue weighted by Crippen LogP contribution is 2.43. The molecule has 1 heterocycles. The number of nitrogens with zero attached hydrogens (tertiary/aromatic N) is 1. The summed E-state index contributed by atoms with van der Waals surface area (Å²) in [4.78, 5) is 19.4. The van der Waals surface area contributed by atoms with Crippen LogP contribution in [-0.4, -0.2) is 56.9 Å². The maximum Gasteiger partial charge on any atom is 0.266 e. The maximum atomic E-state index is 14.3. The van der Waals surface area contributed by atoms with Crippen LogP contribution in [0.2, 0.25) is 0 Å². The molecular formula is C35H37N3O7S. The number of amides is 1. The summed E-state index contributed by atoms with van der Waals surface area (Å²) in [6.45, 7) is 0.644. The zero-order chi connectivity index (χ0) is 32.4. The van der Waals surface area contributed by atoms with Crippen molar-refractivity contribution in [2.45, 2.75) is 35.9 Å². The largest absolute Gasteiger partial charge is 0.496 e. The average Bonchev–Trinajstić information content (AvgIpc) is 3.50. The van der Waals surface area contributed by atoms with E-state index in [4.69, 9.17) is 24.3 Å².